The molecule has 5 nitrogen and oxygen atoms in total. The standard InChI is InChI=1S/C13H30N2O3S/c1-5-9-15(10-6-2)19(17,18)14-11-13(7-3,8-4)12-16/h14,16H,5-12H2,1-4H3. The van der Waals surface area contributed by atoms with Gasteiger partial charge in [0.15, 0.2) is 0 Å². The molecule has 6 heteroatoms. The molecule has 0 aromatic rings. The van der Waals surface area contributed by atoms with Gasteiger partial charge in [-0.05, 0) is 25.7 Å². The Labute approximate surface area is 118 Å². The van der Waals surface area contributed by atoms with Crippen molar-refractivity contribution >= 4 is 10.2 Å². The van der Waals surface area contributed by atoms with E-state index in [1.54, 1.807) is 0 Å². The molecule has 0 aromatic carbocycles. The summed E-state index contributed by atoms with van der Waals surface area (Å²) in [5.41, 5.74) is -0.350. The fourth-order valence-electron chi connectivity index (χ4n) is 1.97. The van der Waals surface area contributed by atoms with Gasteiger partial charge in [-0.3, -0.25) is 0 Å². The van der Waals surface area contributed by atoms with Crippen molar-refractivity contribution in [2.45, 2.75) is 53.4 Å². The predicted octanol–water partition coefficient (Wildman–Crippen LogP) is 1.74. The molecule has 0 saturated heterocycles. The van der Waals surface area contributed by atoms with Crippen LogP contribution in [0.2, 0.25) is 0 Å². The average Bonchev–Trinajstić information content (AvgIpc) is 2.41. The highest BCUT2D eigenvalue weighted by Gasteiger charge is 2.29. The zero-order valence-electron chi connectivity index (χ0n) is 12.8. The molecule has 0 spiro atoms. The van der Waals surface area contributed by atoms with Crippen LogP contribution in [0.25, 0.3) is 0 Å². The molecule has 0 fully saturated rings. The second-order valence-electron chi connectivity index (χ2n) is 5.09. The van der Waals surface area contributed by atoms with Crippen molar-refractivity contribution in [1.29, 1.82) is 0 Å². The molecule has 0 radical (unpaired) electrons. The number of aliphatic hydroxyl groups excluding tert-OH is 1. The molecular formula is C13H30N2O3S. The van der Waals surface area contributed by atoms with Crippen LogP contribution in [-0.2, 0) is 10.2 Å². The highest BCUT2D eigenvalue weighted by atomic mass is 32.2. The summed E-state index contributed by atoms with van der Waals surface area (Å²) in [4.78, 5) is 0. The first-order chi connectivity index (χ1) is 8.91. The molecule has 0 heterocycles. The third kappa shape index (κ3) is 5.77. The number of rotatable bonds is 11. The van der Waals surface area contributed by atoms with Crippen LogP contribution in [0.15, 0.2) is 0 Å². The van der Waals surface area contributed by atoms with Gasteiger partial charge in [0.25, 0.3) is 10.2 Å². The molecule has 0 atom stereocenters. The number of hydrogen-bond donors (Lipinski definition) is 2. The maximum absolute atomic E-state index is 12.2. The topological polar surface area (TPSA) is 69.6 Å². The van der Waals surface area contributed by atoms with E-state index < -0.39 is 10.2 Å². The van der Waals surface area contributed by atoms with Crippen molar-refractivity contribution in [2.24, 2.45) is 5.41 Å². The zero-order valence-corrected chi connectivity index (χ0v) is 13.6. The molecule has 0 amide bonds. The highest BCUT2D eigenvalue weighted by molar-refractivity contribution is 7.87. The summed E-state index contributed by atoms with van der Waals surface area (Å²) in [5.74, 6) is 0. The van der Waals surface area contributed by atoms with Crippen LogP contribution < -0.4 is 4.72 Å². The Bertz CT molecular complexity index is 313. The molecule has 0 aliphatic heterocycles. The Kier molecular flexibility index (Phi) is 8.81. The molecule has 0 saturated carbocycles. The van der Waals surface area contributed by atoms with E-state index in [1.807, 2.05) is 27.7 Å². The SMILES string of the molecule is CCCN(CCC)S(=O)(=O)NCC(CC)(CC)CO. The number of aliphatic hydroxyl groups is 1. The van der Waals surface area contributed by atoms with Gasteiger partial charge in [-0.2, -0.15) is 12.7 Å². The van der Waals surface area contributed by atoms with Crippen molar-refractivity contribution in [3.05, 3.63) is 0 Å². The van der Waals surface area contributed by atoms with Crippen molar-refractivity contribution in [2.75, 3.05) is 26.2 Å². The minimum atomic E-state index is -3.44. The van der Waals surface area contributed by atoms with Gasteiger partial charge in [-0.25, -0.2) is 4.72 Å². The van der Waals surface area contributed by atoms with Crippen LogP contribution in [0.5, 0.6) is 0 Å². The number of nitrogens with one attached hydrogen (secondary N) is 1. The Hall–Kier alpha value is -0.170. The van der Waals surface area contributed by atoms with Gasteiger partial charge in [-0.15, -0.1) is 0 Å². The quantitative estimate of drug-likeness (QED) is 0.610. The first kappa shape index (κ1) is 18.8. The van der Waals surface area contributed by atoms with Crippen LogP contribution in [0.4, 0.5) is 0 Å². The van der Waals surface area contributed by atoms with E-state index in [1.165, 1.54) is 4.31 Å². The Balaban J connectivity index is 4.74. The number of nitrogens with zero attached hydrogens (tertiary/aromatic N) is 1. The first-order valence-electron chi connectivity index (χ1n) is 7.26. The van der Waals surface area contributed by atoms with Gasteiger partial charge < -0.3 is 5.11 Å². The molecule has 2 N–H and O–H groups in total. The molecule has 0 rings (SSSR count). The maximum atomic E-state index is 12.2. The Morgan fingerprint density at radius 1 is 1.05 bits per heavy atom. The van der Waals surface area contributed by atoms with Gasteiger partial charge in [-0.1, -0.05) is 27.7 Å². The van der Waals surface area contributed by atoms with Crippen LogP contribution >= 0.6 is 0 Å². The van der Waals surface area contributed by atoms with Gasteiger partial charge in [0.05, 0.1) is 0 Å². The lowest BCUT2D eigenvalue weighted by Crippen LogP contribution is -2.46. The van der Waals surface area contributed by atoms with Gasteiger partial charge in [0.1, 0.15) is 0 Å². The minimum absolute atomic E-state index is 0.00404. The summed E-state index contributed by atoms with van der Waals surface area (Å²) in [6, 6.07) is 0. The third-order valence-corrected chi connectivity index (χ3v) is 5.31. The van der Waals surface area contributed by atoms with Gasteiger partial charge in [0.2, 0.25) is 0 Å². The van der Waals surface area contributed by atoms with Gasteiger partial charge in [0, 0.05) is 31.7 Å². The van der Waals surface area contributed by atoms with Crippen LogP contribution in [0.3, 0.4) is 0 Å². The summed E-state index contributed by atoms with van der Waals surface area (Å²) in [7, 11) is -3.44. The average molecular weight is 294 g/mol. The molecule has 19 heavy (non-hydrogen) atoms. The Morgan fingerprint density at radius 3 is 1.84 bits per heavy atom. The largest absolute Gasteiger partial charge is 0.396 e. The number of hydrogen-bond acceptors (Lipinski definition) is 3. The monoisotopic (exact) mass is 294 g/mol. The van der Waals surface area contributed by atoms with E-state index in [0.29, 0.717) is 19.6 Å². The lowest BCUT2D eigenvalue weighted by atomic mass is 9.84. The van der Waals surface area contributed by atoms with Crippen LogP contribution in [0.1, 0.15) is 53.4 Å². The summed E-state index contributed by atoms with van der Waals surface area (Å²) >= 11 is 0. The van der Waals surface area contributed by atoms with Crippen molar-refractivity contribution in [3.8, 4) is 0 Å². The molecule has 0 bridgehead atoms. The summed E-state index contributed by atoms with van der Waals surface area (Å²) in [6.45, 7) is 9.25. The molecule has 0 aliphatic rings. The predicted molar refractivity (Wildman–Crippen MR) is 79.2 cm³/mol. The molecule has 116 valence electrons. The lowest BCUT2D eigenvalue weighted by Gasteiger charge is -2.31. The second kappa shape index (κ2) is 8.89. The molecule has 0 aromatic heterocycles. The van der Waals surface area contributed by atoms with Crippen LogP contribution in [0, 0.1) is 5.41 Å². The van der Waals surface area contributed by atoms with E-state index in [2.05, 4.69) is 4.72 Å². The van der Waals surface area contributed by atoms with E-state index in [0.717, 1.165) is 25.7 Å². The van der Waals surface area contributed by atoms with Crippen molar-refractivity contribution in [3.63, 3.8) is 0 Å². The lowest BCUT2D eigenvalue weighted by molar-refractivity contribution is 0.118. The second-order valence-corrected chi connectivity index (χ2v) is 6.85. The van der Waals surface area contributed by atoms with E-state index in [9.17, 15) is 13.5 Å². The summed E-state index contributed by atoms with van der Waals surface area (Å²) < 4.78 is 28.6. The third-order valence-electron chi connectivity index (χ3n) is 3.75. The summed E-state index contributed by atoms with van der Waals surface area (Å²) in [5, 5.41) is 9.47. The van der Waals surface area contributed by atoms with E-state index >= 15 is 0 Å². The minimum Gasteiger partial charge on any atom is -0.396 e. The summed E-state index contributed by atoms with van der Waals surface area (Å²) in [6.07, 6.45) is 3.11. The highest BCUT2D eigenvalue weighted by Crippen LogP contribution is 2.24. The zero-order chi connectivity index (χ0) is 14.9. The van der Waals surface area contributed by atoms with Crippen LogP contribution in [-0.4, -0.2) is 44.1 Å². The maximum Gasteiger partial charge on any atom is 0.279 e. The fraction of sp³-hybridized carbons (Fsp3) is 1.00. The normalized spacial score (nSPS) is 13.2. The van der Waals surface area contributed by atoms with E-state index in [4.69, 9.17) is 0 Å². The van der Waals surface area contributed by atoms with Gasteiger partial charge >= 0.3 is 0 Å². The van der Waals surface area contributed by atoms with Crippen molar-refractivity contribution < 1.29 is 13.5 Å². The Morgan fingerprint density at radius 2 is 1.53 bits per heavy atom. The molecule has 0 aliphatic carbocycles. The fourth-order valence-corrected chi connectivity index (χ4v) is 3.48. The first-order valence-corrected chi connectivity index (χ1v) is 8.70. The smallest absolute Gasteiger partial charge is 0.279 e. The molecule has 0 unspecified atom stereocenters. The van der Waals surface area contributed by atoms with E-state index in [-0.39, 0.29) is 12.0 Å². The molecular weight excluding hydrogens is 264 g/mol. The van der Waals surface area contributed by atoms with Crippen molar-refractivity contribution in [1.82, 2.24) is 9.03 Å².